The van der Waals surface area contributed by atoms with Gasteiger partial charge in [0.05, 0.1) is 22.2 Å². The number of carbonyl (C=O) groups is 1. The molecule has 0 radical (unpaired) electrons. The van der Waals surface area contributed by atoms with Crippen molar-refractivity contribution < 1.29 is 36.2 Å². The van der Waals surface area contributed by atoms with E-state index < -0.39 is 52.5 Å². The molecular weight excluding hydrogens is 528 g/mol. The summed E-state index contributed by atoms with van der Waals surface area (Å²) < 4.78 is 81.1. The number of aromatic amines is 1. The smallest absolute Gasteiger partial charge is 0.396 e. The standard InChI is InChI=1S/C27H27F6N3O3/c1-14-7-5-6-8-18(14)20-21(34)23(38)35-19(9-10-37)22(20)36(4)24(39)25(2,3)15-11-16(26(28,29)30)13-17(12-15)27(31,32)33/h5-8,11-13,37H,9-10,34H2,1-4H3,(H,35,38). The summed E-state index contributed by atoms with van der Waals surface area (Å²) >= 11 is 0. The number of nitrogens with zero attached hydrogens (tertiary/aromatic N) is 1. The van der Waals surface area contributed by atoms with Crippen molar-refractivity contribution in [2.45, 2.75) is 45.0 Å². The fraction of sp³-hybridized carbons (Fsp3) is 0.333. The summed E-state index contributed by atoms with van der Waals surface area (Å²) in [6.07, 6.45) is -10.3. The van der Waals surface area contributed by atoms with Crippen LogP contribution in [0.5, 0.6) is 0 Å². The number of likely N-dealkylation sites (N-methyl/N-ethyl adjacent to an activating group) is 1. The number of rotatable bonds is 6. The minimum Gasteiger partial charge on any atom is -0.396 e. The average Bonchev–Trinajstić information content (AvgIpc) is 2.84. The molecule has 0 aliphatic rings. The molecule has 0 aliphatic heterocycles. The summed E-state index contributed by atoms with van der Waals surface area (Å²) in [7, 11) is 1.28. The normalized spacial score (nSPS) is 12.5. The van der Waals surface area contributed by atoms with Crippen LogP contribution in [0.3, 0.4) is 0 Å². The molecule has 0 saturated carbocycles. The molecule has 4 N–H and O–H groups in total. The molecule has 0 fully saturated rings. The van der Waals surface area contributed by atoms with Crippen LogP contribution in [0.15, 0.2) is 47.3 Å². The Hall–Kier alpha value is -3.80. The number of nitrogens with one attached hydrogen (secondary N) is 1. The lowest BCUT2D eigenvalue weighted by Gasteiger charge is -2.33. The molecule has 6 nitrogen and oxygen atoms in total. The minimum absolute atomic E-state index is 0.00790. The predicted octanol–water partition coefficient (Wildman–Crippen LogP) is 5.45. The number of aliphatic hydroxyl groups is 1. The van der Waals surface area contributed by atoms with Crippen molar-refractivity contribution in [1.29, 1.82) is 0 Å². The van der Waals surface area contributed by atoms with Crippen LogP contribution in [0.4, 0.5) is 37.7 Å². The number of halogens is 6. The van der Waals surface area contributed by atoms with E-state index in [1.807, 2.05) is 0 Å². The zero-order valence-electron chi connectivity index (χ0n) is 21.5. The van der Waals surface area contributed by atoms with E-state index in [0.29, 0.717) is 23.3 Å². The van der Waals surface area contributed by atoms with Gasteiger partial charge in [-0.05, 0) is 55.7 Å². The van der Waals surface area contributed by atoms with Gasteiger partial charge >= 0.3 is 12.4 Å². The molecule has 2 aromatic carbocycles. The Labute approximate surface area is 220 Å². The Balaban J connectivity index is 2.28. The first-order valence-electron chi connectivity index (χ1n) is 11.7. The number of aliphatic hydroxyl groups excluding tert-OH is 1. The number of nitrogen functional groups attached to an aromatic ring is 1. The maximum Gasteiger partial charge on any atom is 0.416 e. The number of carbonyl (C=O) groups excluding carboxylic acids is 1. The first kappa shape index (κ1) is 29.8. The van der Waals surface area contributed by atoms with Gasteiger partial charge in [0.1, 0.15) is 5.69 Å². The van der Waals surface area contributed by atoms with Gasteiger partial charge in [-0.25, -0.2) is 0 Å². The Bertz CT molecular complexity index is 1430. The third kappa shape index (κ3) is 5.80. The Kier molecular flexibility index (Phi) is 7.94. The minimum atomic E-state index is -5.10. The maximum absolute atomic E-state index is 13.9. The molecule has 39 heavy (non-hydrogen) atoms. The van der Waals surface area contributed by atoms with E-state index in [1.54, 1.807) is 31.2 Å². The summed E-state index contributed by atoms with van der Waals surface area (Å²) in [6.45, 7) is 3.71. The highest BCUT2D eigenvalue weighted by molar-refractivity contribution is 6.05. The third-order valence-electron chi connectivity index (χ3n) is 6.56. The second kappa shape index (κ2) is 10.4. The number of anilines is 2. The molecule has 1 amide bonds. The van der Waals surface area contributed by atoms with Crippen LogP contribution >= 0.6 is 0 Å². The number of hydrogen-bond acceptors (Lipinski definition) is 4. The quantitative estimate of drug-likeness (QED) is 0.353. The van der Waals surface area contributed by atoms with Gasteiger partial charge in [-0.2, -0.15) is 26.3 Å². The van der Waals surface area contributed by atoms with Crippen molar-refractivity contribution in [3.05, 3.63) is 80.8 Å². The molecule has 0 bridgehead atoms. The first-order valence-corrected chi connectivity index (χ1v) is 11.7. The van der Waals surface area contributed by atoms with Gasteiger partial charge in [-0.1, -0.05) is 24.3 Å². The lowest BCUT2D eigenvalue weighted by Crippen LogP contribution is -2.43. The summed E-state index contributed by atoms with van der Waals surface area (Å²) in [6, 6.07) is 7.81. The largest absolute Gasteiger partial charge is 0.416 e. The lowest BCUT2D eigenvalue weighted by molar-refractivity contribution is -0.143. The van der Waals surface area contributed by atoms with Gasteiger partial charge in [-0.3, -0.25) is 9.59 Å². The summed E-state index contributed by atoms with van der Waals surface area (Å²) in [4.78, 5) is 30.1. The van der Waals surface area contributed by atoms with Crippen LogP contribution in [0.25, 0.3) is 11.1 Å². The molecule has 0 saturated heterocycles. The van der Waals surface area contributed by atoms with E-state index in [-0.39, 0.29) is 35.1 Å². The Morgan fingerprint density at radius 3 is 1.97 bits per heavy atom. The SMILES string of the molecule is Cc1ccccc1-c1c(N(C)C(=O)C(C)(C)c2cc(C(F)(F)F)cc(C(F)(F)F)c2)c(CCO)[nH]c(=O)c1N. The summed E-state index contributed by atoms with van der Waals surface area (Å²) in [5.74, 6) is -0.879. The van der Waals surface area contributed by atoms with Crippen molar-refractivity contribution in [2.24, 2.45) is 0 Å². The molecule has 0 unspecified atom stereocenters. The number of aryl methyl sites for hydroxylation is 1. The monoisotopic (exact) mass is 555 g/mol. The molecule has 0 spiro atoms. The van der Waals surface area contributed by atoms with Crippen molar-refractivity contribution >= 4 is 17.3 Å². The fourth-order valence-electron chi connectivity index (χ4n) is 4.40. The van der Waals surface area contributed by atoms with Crippen LogP contribution in [0, 0.1) is 6.92 Å². The molecule has 0 atom stereocenters. The van der Waals surface area contributed by atoms with Gasteiger partial charge in [0.2, 0.25) is 5.91 Å². The van der Waals surface area contributed by atoms with Crippen LogP contribution in [-0.2, 0) is 29.0 Å². The highest BCUT2D eigenvalue weighted by atomic mass is 19.4. The van der Waals surface area contributed by atoms with Crippen LogP contribution in [-0.4, -0.2) is 29.7 Å². The topological polar surface area (TPSA) is 99.4 Å². The number of pyridine rings is 1. The number of amides is 1. The molecule has 12 heteroatoms. The van der Waals surface area contributed by atoms with Gasteiger partial charge < -0.3 is 20.7 Å². The van der Waals surface area contributed by atoms with Gasteiger partial charge in [0.15, 0.2) is 0 Å². The van der Waals surface area contributed by atoms with Gasteiger partial charge in [0, 0.05) is 31.3 Å². The Morgan fingerprint density at radius 1 is 0.974 bits per heavy atom. The molecule has 1 aromatic heterocycles. The zero-order valence-corrected chi connectivity index (χ0v) is 21.5. The highest BCUT2D eigenvalue weighted by Crippen LogP contribution is 2.42. The Morgan fingerprint density at radius 2 is 1.49 bits per heavy atom. The number of H-pyrrole nitrogens is 1. The molecule has 3 rings (SSSR count). The number of benzene rings is 2. The molecule has 0 aliphatic carbocycles. The second-order valence-corrected chi connectivity index (χ2v) is 9.64. The first-order chi connectivity index (χ1) is 17.9. The molecule has 210 valence electrons. The van der Waals surface area contributed by atoms with Gasteiger partial charge in [-0.15, -0.1) is 0 Å². The fourth-order valence-corrected chi connectivity index (χ4v) is 4.40. The van der Waals surface area contributed by atoms with Crippen LogP contribution in [0.2, 0.25) is 0 Å². The average molecular weight is 556 g/mol. The van der Waals surface area contributed by atoms with Gasteiger partial charge in [0.25, 0.3) is 5.56 Å². The summed E-state index contributed by atoms with van der Waals surface area (Å²) in [5, 5.41) is 9.62. The number of aromatic nitrogens is 1. The van der Waals surface area contributed by atoms with Crippen molar-refractivity contribution in [3.63, 3.8) is 0 Å². The zero-order chi connectivity index (χ0) is 29.5. The van der Waals surface area contributed by atoms with E-state index in [9.17, 15) is 41.0 Å². The van der Waals surface area contributed by atoms with E-state index in [0.717, 1.165) is 4.90 Å². The molecular formula is C27H27F6N3O3. The van der Waals surface area contributed by atoms with Crippen molar-refractivity contribution in [2.75, 3.05) is 24.3 Å². The molecule has 1 heterocycles. The van der Waals surface area contributed by atoms with Crippen LogP contribution < -0.4 is 16.2 Å². The lowest BCUT2D eigenvalue weighted by atomic mass is 9.81. The van der Waals surface area contributed by atoms with E-state index in [2.05, 4.69) is 4.98 Å². The van der Waals surface area contributed by atoms with E-state index >= 15 is 0 Å². The number of hydrogen-bond donors (Lipinski definition) is 3. The van der Waals surface area contributed by atoms with E-state index in [4.69, 9.17) is 5.73 Å². The predicted molar refractivity (Wildman–Crippen MR) is 135 cm³/mol. The second-order valence-electron chi connectivity index (χ2n) is 9.64. The van der Waals surface area contributed by atoms with Crippen LogP contribution in [0.1, 0.15) is 41.8 Å². The number of nitrogens with two attached hydrogens (primary N) is 1. The maximum atomic E-state index is 13.9. The van der Waals surface area contributed by atoms with E-state index in [1.165, 1.54) is 20.9 Å². The van der Waals surface area contributed by atoms with Crippen molar-refractivity contribution in [1.82, 2.24) is 4.98 Å². The third-order valence-corrected chi connectivity index (χ3v) is 6.56. The van der Waals surface area contributed by atoms with Crippen molar-refractivity contribution in [3.8, 4) is 11.1 Å². The number of alkyl halides is 6. The molecule has 3 aromatic rings. The highest BCUT2D eigenvalue weighted by Gasteiger charge is 2.41. The summed E-state index contributed by atoms with van der Waals surface area (Å²) in [5.41, 5.74) is 1.17.